The van der Waals surface area contributed by atoms with Crippen molar-refractivity contribution in [2.75, 3.05) is 34.0 Å². The number of carbonyl (C=O) groups is 1. The molecule has 6 nitrogen and oxygen atoms in total. The monoisotopic (exact) mass is 336 g/mol. The molecule has 2 rings (SSSR count). The maximum absolute atomic E-state index is 12.0. The van der Waals surface area contributed by atoms with Gasteiger partial charge in [0, 0.05) is 25.3 Å². The summed E-state index contributed by atoms with van der Waals surface area (Å²) in [6.07, 6.45) is 3.41. The summed E-state index contributed by atoms with van der Waals surface area (Å²) in [6, 6.07) is 5.14. The minimum Gasteiger partial charge on any atom is -0.497 e. The molecule has 0 saturated heterocycles. The van der Waals surface area contributed by atoms with E-state index in [1.807, 2.05) is 25.1 Å². The van der Waals surface area contributed by atoms with Crippen LogP contribution in [0.15, 0.2) is 18.2 Å². The molecule has 0 heterocycles. The second-order valence-corrected chi connectivity index (χ2v) is 6.10. The van der Waals surface area contributed by atoms with E-state index in [1.165, 1.54) is 12.8 Å². The van der Waals surface area contributed by atoms with E-state index in [0.717, 1.165) is 36.0 Å². The van der Waals surface area contributed by atoms with E-state index < -0.39 is 0 Å². The smallest absolute Gasteiger partial charge is 0.315 e. The Kier molecular flexibility index (Phi) is 7.18. The van der Waals surface area contributed by atoms with Crippen LogP contribution < -0.4 is 20.1 Å². The summed E-state index contributed by atoms with van der Waals surface area (Å²) in [5.74, 6) is 2.23. The van der Waals surface area contributed by atoms with Gasteiger partial charge < -0.3 is 24.8 Å². The molecule has 1 aliphatic rings. The molecule has 134 valence electrons. The van der Waals surface area contributed by atoms with Crippen LogP contribution in [0.1, 0.15) is 37.8 Å². The summed E-state index contributed by atoms with van der Waals surface area (Å²) < 4.78 is 16.1. The number of methoxy groups -OCH3 is 2. The first-order chi connectivity index (χ1) is 11.6. The van der Waals surface area contributed by atoms with Crippen molar-refractivity contribution in [1.29, 1.82) is 0 Å². The van der Waals surface area contributed by atoms with Crippen LogP contribution in [0.2, 0.25) is 0 Å². The van der Waals surface area contributed by atoms with Crippen LogP contribution >= 0.6 is 0 Å². The van der Waals surface area contributed by atoms with Crippen molar-refractivity contribution < 1.29 is 19.0 Å². The van der Waals surface area contributed by atoms with Crippen LogP contribution in [0.25, 0.3) is 0 Å². The molecule has 1 saturated carbocycles. The molecule has 1 aromatic carbocycles. The molecule has 1 aliphatic carbocycles. The van der Waals surface area contributed by atoms with Gasteiger partial charge >= 0.3 is 6.03 Å². The van der Waals surface area contributed by atoms with Crippen molar-refractivity contribution in [3.8, 4) is 11.5 Å². The Morgan fingerprint density at radius 1 is 1.29 bits per heavy atom. The summed E-state index contributed by atoms with van der Waals surface area (Å²) >= 11 is 0. The number of hydrogen-bond donors (Lipinski definition) is 2. The average molecular weight is 336 g/mol. The zero-order valence-corrected chi connectivity index (χ0v) is 14.8. The summed E-state index contributed by atoms with van der Waals surface area (Å²) in [5, 5.41) is 5.77. The zero-order valence-electron chi connectivity index (χ0n) is 14.8. The third kappa shape index (κ3) is 5.92. The minimum atomic E-state index is -0.199. The van der Waals surface area contributed by atoms with Gasteiger partial charge in [-0.05, 0) is 50.3 Å². The molecular formula is C18H28N2O4. The van der Waals surface area contributed by atoms with Gasteiger partial charge in [0.25, 0.3) is 0 Å². The minimum absolute atomic E-state index is 0.193. The summed E-state index contributed by atoms with van der Waals surface area (Å²) in [4.78, 5) is 12.0. The van der Waals surface area contributed by atoms with Crippen molar-refractivity contribution in [2.24, 2.45) is 5.92 Å². The van der Waals surface area contributed by atoms with Crippen LogP contribution in [0, 0.1) is 5.92 Å². The lowest BCUT2D eigenvalue weighted by molar-refractivity contribution is 0.122. The summed E-state index contributed by atoms with van der Waals surface area (Å²) in [5.41, 5.74) is 0.875. The van der Waals surface area contributed by atoms with E-state index in [9.17, 15) is 4.79 Å². The Bertz CT molecular complexity index is 532. The second kappa shape index (κ2) is 9.37. The van der Waals surface area contributed by atoms with E-state index in [4.69, 9.17) is 14.2 Å². The van der Waals surface area contributed by atoms with Crippen LogP contribution in [0.4, 0.5) is 4.79 Å². The maximum atomic E-state index is 12.0. The fourth-order valence-corrected chi connectivity index (χ4v) is 2.41. The number of ether oxygens (including phenoxy) is 3. The van der Waals surface area contributed by atoms with Gasteiger partial charge in [0.2, 0.25) is 0 Å². The van der Waals surface area contributed by atoms with Gasteiger partial charge in [0.05, 0.1) is 20.3 Å². The number of hydrogen-bond acceptors (Lipinski definition) is 4. The molecule has 1 atom stereocenters. The van der Waals surface area contributed by atoms with Gasteiger partial charge in [-0.15, -0.1) is 0 Å². The molecule has 2 N–H and O–H groups in total. The lowest BCUT2D eigenvalue weighted by Crippen LogP contribution is -2.37. The van der Waals surface area contributed by atoms with Crippen molar-refractivity contribution in [3.63, 3.8) is 0 Å². The highest BCUT2D eigenvalue weighted by Crippen LogP contribution is 2.29. The summed E-state index contributed by atoms with van der Waals surface area (Å²) in [7, 11) is 3.22. The quantitative estimate of drug-likeness (QED) is 0.645. The Labute approximate surface area is 143 Å². The first kappa shape index (κ1) is 18.4. The number of nitrogens with one attached hydrogen (secondary N) is 2. The molecule has 1 unspecified atom stereocenters. The van der Waals surface area contributed by atoms with Crippen LogP contribution in [-0.2, 0) is 4.74 Å². The van der Waals surface area contributed by atoms with Gasteiger partial charge in [-0.3, -0.25) is 0 Å². The SMILES string of the molecule is COc1ccc(OC)c(C(C)NC(=O)NCCCOCC2CC2)c1. The Hall–Kier alpha value is -1.95. The topological polar surface area (TPSA) is 68.8 Å². The van der Waals surface area contributed by atoms with Crippen molar-refractivity contribution in [3.05, 3.63) is 23.8 Å². The maximum Gasteiger partial charge on any atom is 0.315 e. The van der Waals surface area contributed by atoms with E-state index in [1.54, 1.807) is 14.2 Å². The zero-order chi connectivity index (χ0) is 17.4. The van der Waals surface area contributed by atoms with Crippen molar-refractivity contribution in [1.82, 2.24) is 10.6 Å². The Morgan fingerprint density at radius 2 is 2.08 bits per heavy atom. The standard InChI is InChI=1S/C18H28N2O4/c1-13(16-11-15(22-2)7-8-17(16)23-3)20-18(21)19-9-4-10-24-12-14-5-6-14/h7-8,11,13-14H,4-6,9-10,12H2,1-3H3,(H2,19,20,21). The Morgan fingerprint density at radius 3 is 2.75 bits per heavy atom. The Balaban J connectivity index is 1.71. The lowest BCUT2D eigenvalue weighted by atomic mass is 10.1. The van der Waals surface area contributed by atoms with Crippen molar-refractivity contribution in [2.45, 2.75) is 32.2 Å². The number of urea groups is 1. The van der Waals surface area contributed by atoms with Gasteiger partial charge in [0.1, 0.15) is 11.5 Å². The van der Waals surface area contributed by atoms with Gasteiger partial charge in [-0.25, -0.2) is 4.79 Å². The largest absolute Gasteiger partial charge is 0.497 e. The fraction of sp³-hybridized carbons (Fsp3) is 0.611. The third-order valence-corrected chi connectivity index (χ3v) is 4.05. The van der Waals surface area contributed by atoms with Gasteiger partial charge in [-0.1, -0.05) is 0 Å². The first-order valence-electron chi connectivity index (χ1n) is 8.48. The highest BCUT2D eigenvalue weighted by Gasteiger charge is 2.20. The molecule has 0 aliphatic heterocycles. The van der Waals surface area contributed by atoms with E-state index in [-0.39, 0.29) is 12.1 Å². The molecular weight excluding hydrogens is 308 g/mol. The molecule has 0 bridgehead atoms. The molecule has 1 fully saturated rings. The van der Waals surface area contributed by atoms with E-state index in [0.29, 0.717) is 13.2 Å². The summed E-state index contributed by atoms with van der Waals surface area (Å²) in [6.45, 7) is 4.06. The number of amides is 2. The predicted octanol–water partition coefficient (Wildman–Crippen LogP) is 2.88. The van der Waals surface area contributed by atoms with Crippen LogP contribution in [-0.4, -0.2) is 40.0 Å². The molecule has 0 aromatic heterocycles. The molecule has 0 radical (unpaired) electrons. The number of carbonyl (C=O) groups excluding carboxylic acids is 1. The third-order valence-electron chi connectivity index (χ3n) is 4.05. The first-order valence-corrected chi connectivity index (χ1v) is 8.48. The molecule has 0 spiro atoms. The fourth-order valence-electron chi connectivity index (χ4n) is 2.41. The molecule has 6 heteroatoms. The van der Waals surface area contributed by atoms with Crippen molar-refractivity contribution >= 4 is 6.03 Å². The predicted molar refractivity (Wildman–Crippen MR) is 92.7 cm³/mol. The second-order valence-electron chi connectivity index (χ2n) is 6.10. The molecule has 1 aromatic rings. The lowest BCUT2D eigenvalue weighted by Gasteiger charge is -2.18. The highest BCUT2D eigenvalue weighted by atomic mass is 16.5. The highest BCUT2D eigenvalue weighted by molar-refractivity contribution is 5.74. The number of benzene rings is 1. The number of rotatable bonds is 10. The molecule has 2 amide bonds. The van der Waals surface area contributed by atoms with Crippen LogP contribution in [0.5, 0.6) is 11.5 Å². The average Bonchev–Trinajstić information content (AvgIpc) is 3.41. The van der Waals surface area contributed by atoms with E-state index >= 15 is 0 Å². The van der Waals surface area contributed by atoms with E-state index in [2.05, 4.69) is 10.6 Å². The van der Waals surface area contributed by atoms with Gasteiger partial charge in [0.15, 0.2) is 0 Å². The normalized spacial score (nSPS) is 14.8. The molecule has 24 heavy (non-hydrogen) atoms. The van der Waals surface area contributed by atoms with Crippen LogP contribution in [0.3, 0.4) is 0 Å². The van der Waals surface area contributed by atoms with Gasteiger partial charge in [-0.2, -0.15) is 0 Å².